The molecule has 6 nitrogen and oxygen atoms in total. The quantitative estimate of drug-likeness (QED) is 0.835. The van der Waals surface area contributed by atoms with Crippen LogP contribution < -0.4 is 5.73 Å². The summed E-state index contributed by atoms with van der Waals surface area (Å²) in [6, 6.07) is 4.34. The van der Waals surface area contributed by atoms with Gasteiger partial charge in [-0.1, -0.05) is 6.07 Å². The number of halogens is 1. The summed E-state index contributed by atoms with van der Waals surface area (Å²) < 4.78 is 17.9. The average Bonchev–Trinajstić information content (AvgIpc) is 2.52. The first-order valence-electron chi connectivity index (χ1n) is 7.00. The van der Waals surface area contributed by atoms with Crippen molar-refractivity contribution in [1.82, 2.24) is 4.90 Å². The van der Waals surface area contributed by atoms with Crippen molar-refractivity contribution in [2.24, 2.45) is 5.73 Å². The Morgan fingerprint density at radius 3 is 2.77 bits per heavy atom. The SMILES string of the molecule is NC(=O)[C@@H]1CCCCN1C(=O)COC(=O)c1cccc(F)c1. The average molecular weight is 308 g/mol. The van der Waals surface area contributed by atoms with E-state index in [2.05, 4.69) is 0 Å². The molecule has 1 aromatic carbocycles. The molecule has 1 atom stereocenters. The minimum atomic E-state index is -0.791. The molecule has 1 saturated heterocycles. The van der Waals surface area contributed by atoms with Gasteiger partial charge in [-0.25, -0.2) is 9.18 Å². The summed E-state index contributed by atoms with van der Waals surface area (Å²) in [6.07, 6.45) is 2.10. The lowest BCUT2D eigenvalue weighted by Gasteiger charge is -2.33. The molecule has 0 radical (unpaired) electrons. The number of nitrogens with zero attached hydrogens (tertiary/aromatic N) is 1. The van der Waals surface area contributed by atoms with E-state index >= 15 is 0 Å². The van der Waals surface area contributed by atoms with E-state index in [0.29, 0.717) is 13.0 Å². The summed E-state index contributed by atoms with van der Waals surface area (Å²) in [5, 5.41) is 0. The highest BCUT2D eigenvalue weighted by Crippen LogP contribution is 2.17. The normalized spacial score (nSPS) is 17.9. The van der Waals surface area contributed by atoms with Gasteiger partial charge in [0.2, 0.25) is 5.91 Å². The molecule has 0 bridgehead atoms. The molecule has 0 spiro atoms. The van der Waals surface area contributed by atoms with Crippen LogP contribution in [0, 0.1) is 5.82 Å². The molecular weight excluding hydrogens is 291 g/mol. The van der Waals surface area contributed by atoms with Gasteiger partial charge in [0.25, 0.3) is 5.91 Å². The Labute approximate surface area is 127 Å². The van der Waals surface area contributed by atoms with Crippen molar-refractivity contribution in [3.8, 4) is 0 Å². The van der Waals surface area contributed by atoms with Crippen molar-refractivity contribution in [3.63, 3.8) is 0 Å². The van der Waals surface area contributed by atoms with Crippen LogP contribution >= 0.6 is 0 Å². The van der Waals surface area contributed by atoms with Gasteiger partial charge in [-0.3, -0.25) is 9.59 Å². The minimum absolute atomic E-state index is 0.0258. The van der Waals surface area contributed by atoms with Gasteiger partial charge in [-0.05, 0) is 37.5 Å². The van der Waals surface area contributed by atoms with E-state index in [1.807, 2.05) is 0 Å². The number of piperidine rings is 1. The number of esters is 1. The summed E-state index contributed by atoms with van der Waals surface area (Å²) >= 11 is 0. The van der Waals surface area contributed by atoms with Crippen LogP contribution in [0.2, 0.25) is 0 Å². The molecular formula is C15H17FN2O4. The van der Waals surface area contributed by atoms with Crippen molar-refractivity contribution >= 4 is 17.8 Å². The van der Waals surface area contributed by atoms with E-state index < -0.39 is 36.2 Å². The summed E-state index contributed by atoms with van der Waals surface area (Å²) in [6.45, 7) is -0.0942. The molecule has 7 heteroatoms. The number of hydrogen-bond acceptors (Lipinski definition) is 4. The van der Waals surface area contributed by atoms with Crippen LogP contribution in [0.5, 0.6) is 0 Å². The number of benzene rings is 1. The molecule has 2 rings (SSSR count). The molecule has 2 amide bonds. The lowest BCUT2D eigenvalue weighted by molar-refractivity contribution is -0.143. The van der Waals surface area contributed by atoms with E-state index in [4.69, 9.17) is 10.5 Å². The van der Waals surface area contributed by atoms with E-state index in [1.165, 1.54) is 23.1 Å². The smallest absolute Gasteiger partial charge is 0.338 e. The summed E-state index contributed by atoms with van der Waals surface area (Å²) in [5.74, 6) is -2.40. The van der Waals surface area contributed by atoms with Crippen LogP contribution in [0.15, 0.2) is 24.3 Å². The van der Waals surface area contributed by atoms with Crippen LogP contribution in [0.1, 0.15) is 29.6 Å². The number of hydrogen-bond donors (Lipinski definition) is 1. The first-order chi connectivity index (χ1) is 10.5. The second-order valence-electron chi connectivity index (χ2n) is 5.09. The second-order valence-corrected chi connectivity index (χ2v) is 5.09. The number of primary amides is 1. The van der Waals surface area contributed by atoms with Gasteiger partial charge in [-0.15, -0.1) is 0 Å². The highest BCUT2D eigenvalue weighted by Gasteiger charge is 2.31. The third-order valence-corrected chi connectivity index (χ3v) is 3.54. The first-order valence-corrected chi connectivity index (χ1v) is 7.00. The van der Waals surface area contributed by atoms with E-state index in [-0.39, 0.29) is 5.56 Å². The Bertz CT molecular complexity index is 591. The van der Waals surface area contributed by atoms with Gasteiger partial charge >= 0.3 is 5.97 Å². The molecule has 1 fully saturated rings. The lowest BCUT2D eigenvalue weighted by atomic mass is 10.0. The molecule has 1 aromatic rings. The standard InChI is InChI=1S/C15H17FN2O4/c16-11-5-3-4-10(8-11)15(21)22-9-13(19)18-7-2-1-6-12(18)14(17)20/h3-5,8,12H,1-2,6-7,9H2,(H2,17,20)/t12-/m0/s1. The number of nitrogens with two attached hydrogens (primary N) is 1. The zero-order valence-corrected chi connectivity index (χ0v) is 12.0. The monoisotopic (exact) mass is 308 g/mol. The highest BCUT2D eigenvalue weighted by atomic mass is 19.1. The number of amides is 2. The van der Waals surface area contributed by atoms with Crippen LogP contribution in [0.3, 0.4) is 0 Å². The highest BCUT2D eigenvalue weighted by molar-refractivity contribution is 5.92. The predicted molar refractivity (Wildman–Crippen MR) is 75.2 cm³/mol. The van der Waals surface area contributed by atoms with Crippen molar-refractivity contribution < 1.29 is 23.5 Å². The second kappa shape index (κ2) is 7.02. The van der Waals surface area contributed by atoms with Gasteiger partial charge < -0.3 is 15.4 Å². The largest absolute Gasteiger partial charge is 0.452 e. The Kier molecular flexibility index (Phi) is 5.08. The van der Waals surface area contributed by atoms with Gasteiger partial charge in [0.05, 0.1) is 5.56 Å². The molecule has 0 aliphatic carbocycles. The van der Waals surface area contributed by atoms with E-state index in [9.17, 15) is 18.8 Å². The molecule has 0 unspecified atom stereocenters. The van der Waals surface area contributed by atoms with Crippen molar-refractivity contribution in [2.75, 3.05) is 13.2 Å². The Morgan fingerprint density at radius 1 is 1.32 bits per heavy atom. The van der Waals surface area contributed by atoms with Gasteiger partial charge in [0, 0.05) is 6.54 Å². The number of ether oxygens (including phenoxy) is 1. The summed E-state index contributed by atoms with van der Waals surface area (Å²) in [7, 11) is 0. The number of rotatable bonds is 4. The van der Waals surface area contributed by atoms with Crippen LogP contribution in [-0.4, -0.2) is 41.9 Å². The minimum Gasteiger partial charge on any atom is -0.452 e. The Balaban J connectivity index is 1.94. The summed E-state index contributed by atoms with van der Waals surface area (Å²) in [5.41, 5.74) is 5.30. The molecule has 0 saturated carbocycles. The zero-order chi connectivity index (χ0) is 16.1. The zero-order valence-electron chi connectivity index (χ0n) is 12.0. The maximum absolute atomic E-state index is 13.0. The Hall–Kier alpha value is -2.44. The maximum atomic E-state index is 13.0. The van der Waals surface area contributed by atoms with Crippen LogP contribution in [0.4, 0.5) is 4.39 Å². The molecule has 1 aliphatic heterocycles. The fourth-order valence-corrected chi connectivity index (χ4v) is 2.43. The van der Waals surface area contributed by atoms with E-state index in [0.717, 1.165) is 18.9 Å². The van der Waals surface area contributed by atoms with Gasteiger partial charge in [0.1, 0.15) is 11.9 Å². The third-order valence-electron chi connectivity index (χ3n) is 3.54. The lowest BCUT2D eigenvalue weighted by Crippen LogP contribution is -2.51. The van der Waals surface area contributed by atoms with Gasteiger partial charge in [0.15, 0.2) is 6.61 Å². The van der Waals surface area contributed by atoms with Crippen molar-refractivity contribution in [2.45, 2.75) is 25.3 Å². The topological polar surface area (TPSA) is 89.7 Å². The molecule has 22 heavy (non-hydrogen) atoms. The molecule has 118 valence electrons. The van der Waals surface area contributed by atoms with Crippen LogP contribution in [-0.2, 0) is 14.3 Å². The molecule has 1 heterocycles. The van der Waals surface area contributed by atoms with Crippen LogP contribution in [0.25, 0.3) is 0 Å². The van der Waals surface area contributed by atoms with Gasteiger partial charge in [-0.2, -0.15) is 0 Å². The summed E-state index contributed by atoms with van der Waals surface area (Å²) in [4.78, 5) is 36.5. The van der Waals surface area contributed by atoms with Crippen molar-refractivity contribution in [1.29, 1.82) is 0 Å². The van der Waals surface area contributed by atoms with Crippen molar-refractivity contribution in [3.05, 3.63) is 35.6 Å². The fraction of sp³-hybridized carbons (Fsp3) is 0.400. The van der Waals surface area contributed by atoms with E-state index in [1.54, 1.807) is 0 Å². The Morgan fingerprint density at radius 2 is 2.09 bits per heavy atom. The first kappa shape index (κ1) is 15.9. The molecule has 1 aliphatic rings. The molecule has 2 N–H and O–H groups in total. The molecule has 0 aromatic heterocycles. The predicted octanol–water partition coefficient (Wildman–Crippen LogP) is 0.849. The maximum Gasteiger partial charge on any atom is 0.338 e. The number of carbonyl (C=O) groups excluding carboxylic acids is 3. The fourth-order valence-electron chi connectivity index (χ4n) is 2.43. The number of likely N-dealkylation sites (tertiary alicyclic amines) is 1. The number of carbonyl (C=O) groups is 3. The third kappa shape index (κ3) is 3.81.